The number of thiophene rings is 1. The van der Waals surface area contributed by atoms with Crippen LogP contribution in [0.25, 0.3) is 11.4 Å². The number of rotatable bonds is 5. The summed E-state index contributed by atoms with van der Waals surface area (Å²) in [6, 6.07) is 7.58. The quantitative estimate of drug-likeness (QED) is 0.714. The molecule has 0 radical (unpaired) electrons. The monoisotopic (exact) mass is 342 g/mol. The van der Waals surface area contributed by atoms with Crippen LogP contribution in [0.1, 0.15) is 31.0 Å². The maximum Gasteiger partial charge on any atom is 0.232 e. The Labute approximate surface area is 143 Å². The molecule has 0 fully saturated rings. The highest BCUT2D eigenvalue weighted by Gasteiger charge is 2.12. The van der Waals surface area contributed by atoms with Gasteiger partial charge in [-0.1, -0.05) is 11.2 Å². The molecule has 0 bridgehead atoms. The number of carbonyl (C=O) groups is 1. The van der Waals surface area contributed by atoms with E-state index in [1.807, 2.05) is 48.9 Å². The van der Waals surface area contributed by atoms with Gasteiger partial charge in [0.15, 0.2) is 0 Å². The molecule has 3 aromatic rings. The predicted molar refractivity (Wildman–Crippen MR) is 91.7 cm³/mol. The molecular formula is C17H18N4O2S. The van der Waals surface area contributed by atoms with Crippen LogP contribution in [0.5, 0.6) is 0 Å². The normalized spacial score (nSPS) is 12.0. The largest absolute Gasteiger partial charge is 0.339 e. The minimum Gasteiger partial charge on any atom is -0.339 e. The fourth-order valence-corrected chi connectivity index (χ4v) is 2.85. The lowest BCUT2D eigenvalue weighted by Crippen LogP contribution is -2.27. The van der Waals surface area contributed by atoms with Gasteiger partial charge in [-0.3, -0.25) is 14.4 Å². The Morgan fingerprint density at radius 2 is 2.25 bits per heavy atom. The molecule has 0 aliphatic carbocycles. The van der Waals surface area contributed by atoms with E-state index in [-0.39, 0.29) is 18.4 Å². The van der Waals surface area contributed by atoms with Crippen molar-refractivity contribution in [2.45, 2.75) is 32.7 Å². The van der Waals surface area contributed by atoms with E-state index in [0.29, 0.717) is 23.6 Å². The molecular weight excluding hydrogens is 324 g/mol. The van der Waals surface area contributed by atoms with Gasteiger partial charge >= 0.3 is 0 Å². The van der Waals surface area contributed by atoms with Crippen LogP contribution >= 0.6 is 11.3 Å². The molecule has 24 heavy (non-hydrogen) atoms. The van der Waals surface area contributed by atoms with Gasteiger partial charge < -0.3 is 4.52 Å². The molecule has 0 amide bonds. The molecule has 6 nitrogen and oxygen atoms in total. The van der Waals surface area contributed by atoms with Crippen LogP contribution in [0.3, 0.4) is 0 Å². The van der Waals surface area contributed by atoms with Crippen LogP contribution in [0.2, 0.25) is 0 Å². The first-order chi connectivity index (χ1) is 11.6. The Kier molecular flexibility index (Phi) is 5.00. The Morgan fingerprint density at radius 3 is 3.00 bits per heavy atom. The molecule has 124 valence electrons. The molecule has 0 spiro atoms. The standard InChI is InChI=1S/C17H18N4O2S/c1-12(2)18-14-5-3-4-9-21(14)16(22)7-6-15-19-17(20-23-15)13-8-10-24-11-13/h3-5,8-12H,6-7H2,1-2H3. The van der Waals surface area contributed by atoms with E-state index in [1.165, 1.54) is 0 Å². The van der Waals surface area contributed by atoms with Crippen molar-refractivity contribution in [2.75, 3.05) is 0 Å². The van der Waals surface area contributed by atoms with Gasteiger partial charge in [0.05, 0.1) is 0 Å². The highest BCUT2D eigenvalue weighted by atomic mass is 32.1. The maximum atomic E-state index is 12.5. The molecule has 0 aromatic carbocycles. The van der Waals surface area contributed by atoms with E-state index >= 15 is 0 Å². The summed E-state index contributed by atoms with van der Waals surface area (Å²) in [6.07, 6.45) is 2.41. The van der Waals surface area contributed by atoms with Crippen molar-refractivity contribution in [1.29, 1.82) is 0 Å². The SMILES string of the molecule is CC(C)N=c1ccccn1C(=O)CCc1nc(-c2ccsc2)no1. The predicted octanol–water partition coefficient (Wildman–Crippen LogP) is 3.18. The molecule has 0 aliphatic rings. The van der Waals surface area contributed by atoms with E-state index in [1.54, 1.807) is 22.1 Å². The third-order valence-electron chi connectivity index (χ3n) is 3.30. The summed E-state index contributed by atoms with van der Waals surface area (Å²) >= 11 is 1.58. The van der Waals surface area contributed by atoms with Crippen LogP contribution < -0.4 is 5.49 Å². The van der Waals surface area contributed by atoms with Crippen LogP contribution in [-0.4, -0.2) is 26.7 Å². The fraction of sp³-hybridized carbons (Fsp3) is 0.294. The zero-order valence-corrected chi connectivity index (χ0v) is 14.4. The van der Waals surface area contributed by atoms with E-state index < -0.39 is 0 Å². The van der Waals surface area contributed by atoms with Crippen LogP contribution in [0.4, 0.5) is 0 Å². The zero-order chi connectivity index (χ0) is 16.9. The topological polar surface area (TPSA) is 73.3 Å². The molecule has 0 saturated heterocycles. The van der Waals surface area contributed by atoms with Crippen LogP contribution in [0.15, 0.2) is 50.7 Å². The third-order valence-corrected chi connectivity index (χ3v) is 3.98. The average molecular weight is 342 g/mol. The van der Waals surface area contributed by atoms with Crippen molar-refractivity contribution < 1.29 is 9.32 Å². The highest BCUT2D eigenvalue weighted by Crippen LogP contribution is 2.19. The minimum atomic E-state index is -0.0507. The lowest BCUT2D eigenvalue weighted by molar-refractivity contribution is 0.0894. The first-order valence-corrected chi connectivity index (χ1v) is 8.67. The number of hydrogen-bond donors (Lipinski definition) is 0. The van der Waals surface area contributed by atoms with Crippen molar-refractivity contribution in [3.63, 3.8) is 0 Å². The molecule has 3 rings (SSSR count). The smallest absolute Gasteiger partial charge is 0.232 e. The Bertz CT molecular complexity index is 878. The van der Waals surface area contributed by atoms with Gasteiger partial charge in [-0.2, -0.15) is 16.3 Å². The van der Waals surface area contributed by atoms with E-state index in [9.17, 15) is 4.79 Å². The second-order valence-electron chi connectivity index (χ2n) is 5.57. The van der Waals surface area contributed by atoms with Gasteiger partial charge in [-0.25, -0.2) is 0 Å². The minimum absolute atomic E-state index is 0.0507. The highest BCUT2D eigenvalue weighted by molar-refractivity contribution is 7.08. The Hall–Kier alpha value is -2.54. The lowest BCUT2D eigenvalue weighted by atomic mass is 10.3. The summed E-state index contributed by atoms with van der Waals surface area (Å²) in [6.45, 7) is 3.96. The van der Waals surface area contributed by atoms with Crippen LogP contribution in [-0.2, 0) is 6.42 Å². The zero-order valence-electron chi connectivity index (χ0n) is 13.5. The molecule has 0 atom stereocenters. The molecule has 0 N–H and O–H groups in total. The van der Waals surface area contributed by atoms with Crippen molar-refractivity contribution in [3.8, 4) is 11.4 Å². The number of carbonyl (C=O) groups excluding carboxylic acids is 1. The van der Waals surface area contributed by atoms with Gasteiger partial charge in [0.25, 0.3) is 0 Å². The van der Waals surface area contributed by atoms with Crippen LogP contribution in [0, 0.1) is 0 Å². The van der Waals surface area contributed by atoms with E-state index in [4.69, 9.17) is 4.52 Å². The summed E-state index contributed by atoms with van der Waals surface area (Å²) in [5, 5.41) is 7.87. The first kappa shape index (κ1) is 16.3. The molecule has 0 aliphatic heterocycles. The number of aryl methyl sites for hydroxylation is 1. The first-order valence-electron chi connectivity index (χ1n) is 7.73. The van der Waals surface area contributed by atoms with Crippen molar-refractivity contribution in [3.05, 3.63) is 52.6 Å². The van der Waals surface area contributed by atoms with Gasteiger partial charge in [0, 0.05) is 36.0 Å². The molecule has 3 aromatic heterocycles. The molecule has 3 heterocycles. The van der Waals surface area contributed by atoms with Crippen molar-refractivity contribution >= 4 is 17.2 Å². The Morgan fingerprint density at radius 1 is 1.38 bits per heavy atom. The van der Waals surface area contributed by atoms with E-state index in [2.05, 4.69) is 15.1 Å². The van der Waals surface area contributed by atoms with Gasteiger partial charge in [-0.05, 0) is 37.4 Å². The molecule has 7 heteroatoms. The van der Waals surface area contributed by atoms with Crippen molar-refractivity contribution in [2.24, 2.45) is 4.99 Å². The number of hydrogen-bond acceptors (Lipinski definition) is 6. The molecule has 0 saturated carbocycles. The average Bonchev–Trinajstić information content (AvgIpc) is 3.24. The second kappa shape index (κ2) is 7.35. The van der Waals surface area contributed by atoms with E-state index in [0.717, 1.165) is 5.56 Å². The van der Waals surface area contributed by atoms with Gasteiger partial charge in [0.2, 0.25) is 17.6 Å². The number of nitrogens with zero attached hydrogens (tertiary/aromatic N) is 4. The summed E-state index contributed by atoms with van der Waals surface area (Å²) in [5.41, 5.74) is 1.58. The molecule has 0 unspecified atom stereocenters. The maximum absolute atomic E-state index is 12.5. The number of pyridine rings is 1. The summed E-state index contributed by atoms with van der Waals surface area (Å²) in [7, 11) is 0. The van der Waals surface area contributed by atoms with Gasteiger partial charge in [0.1, 0.15) is 5.49 Å². The fourth-order valence-electron chi connectivity index (χ4n) is 2.21. The third kappa shape index (κ3) is 3.86. The van der Waals surface area contributed by atoms with Gasteiger partial charge in [-0.15, -0.1) is 0 Å². The summed E-state index contributed by atoms with van der Waals surface area (Å²) in [5.74, 6) is 0.968. The number of aromatic nitrogens is 3. The Balaban J connectivity index is 1.71. The lowest BCUT2D eigenvalue weighted by Gasteiger charge is -2.06. The summed E-state index contributed by atoms with van der Waals surface area (Å²) in [4.78, 5) is 21.3. The second-order valence-corrected chi connectivity index (χ2v) is 6.35. The summed E-state index contributed by atoms with van der Waals surface area (Å²) < 4.78 is 6.79. The van der Waals surface area contributed by atoms with Crippen molar-refractivity contribution in [1.82, 2.24) is 14.7 Å².